The molecule has 1 aromatic carbocycles. The summed E-state index contributed by atoms with van der Waals surface area (Å²) in [5.74, 6) is -1.09. The molecule has 3 aromatic rings. The van der Waals surface area contributed by atoms with Crippen molar-refractivity contribution in [3.63, 3.8) is 0 Å². The molecule has 0 aliphatic rings. The smallest absolute Gasteiger partial charge is 0.335 e. The molecular formula is C18H17N3O3. The quantitative estimate of drug-likeness (QED) is 0.754. The van der Waals surface area contributed by atoms with Gasteiger partial charge in [-0.1, -0.05) is 18.2 Å². The number of imidazole rings is 1. The first-order valence-corrected chi connectivity index (χ1v) is 7.55. The highest BCUT2D eigenvalue weighted by Gasteiger charge is 2.09. The fourth-order valence-electron chi connectivity index (χ4n) is 2.48. The van der Waals surface area contributed by atoms with Crippen LogP contribution in [0.4, 0.5) is 0 Å². The number of pyridine rings is 1. The minimum absolute atomic E-state index is 0.127. The molecule has 0 saturated heterocycles. The Bertz CT molecular complexity index is 898. The van der Waals surface area contributed by atoms with Gasteiger partial charge in [-0.05, 0) is 36.2 Å². The van der Waals surface area contributed by atoms with Crippen LogP contribution in [-0.2, 0) is 17.8 Å². The maximum Gasteiger partial charge on any atom is 0.335 e. The molecule has 0 bridgehead atoms. The molecule has 24 heavy (non-hydrogen) atoms. The first-order valence-electron chi connectivity index (χ1n) is 7.55. The van der Waals surface area contributed by atoms with Crippen molar-refractivity contribution in [1.29, 1.82) is 0 Å². The van der Waals surface area contributed by atoms with E-state index in [1.54, 1.807) is 12.1 Å². The molecule has 0 aliphatic heterocycles. The predicted octanol–water partition coefficient (Wildman–Crippen LogP) is 2.20. The average molecular weight is 323 g/mol. The highest BCUT2D eigenvalue weighted by molar-refractivity contribution is 5.87. The molecule has 2 aromatic heterocycles. The second-order valence-electron chi connectivity index (χ2n) is 5.61. The van der Waals surface area contributed by atoms with E-state index in [0.717, 1.165) is 16.8 Å². The second kappa shape index (κ2) is 6.54. The van der Waals surface area contributed by atoms with Crippen molar-refractivity contribution >= 4 is 17.5 Å². The van der Waals surface area contributed by atoms with Crippen molar-refractivity contribution in [2.75, 3.05) is 0 Å². The summed E-state index contributed by atoms with van der Waals surface area (Å²) in [7, 11) is 0. The van der Waals surface area contributed by atoms with Crippen molar-refractivity contribution < 1.29 is 14.7 Å². The first-order chi connectivity index (χ1) is 11.5. The molecule has 3 rings (SSSR count). The Labute approximate surface area is 138 Å². The van der Waals surface area contributed by atoms with Gasteiger partial charge < -0.3 is 14.8 Å². The molecule has 122 valence electrons. The second-order valence-corrected chi connectivity index (χ2v) is 5.61. The number of benzene rings is 1. The van der Waals surface area contributed by atoms with E-state index >= 15 is 0 Å². The van der Waals surface area contributed by atoms with Gasteiger partial charge in [0.05, 0.1) is 17.7 Å². The standard InChI is InChI=1S/C18H17N3O3/c1-12-3-2-8-21-11-15(20-17(12)21)9-16(22)19-10-13-4-6-14(7-5-13)18(23)24/h2-8,11H,9-10H2,1H3,(H,19,22)(H,23,24). The number of fused-ring (bicyclic) bond motifs is 1. The van der Waals surface area contributed by atoms with Crippen LogP contribution in [0.1, 0.15) is 27.2 Å². The van der Waals surface area contributed by atoms with E-state index in [1.807, 2.05) is 35.9 Å². The van der Waals surface area contributed by atoms with Crippen LogP contribution in [0.2, 0.25) is 0 Å². The summed E-state index contributed by atoms with van der Waals surface area (Å²) in [6.07, 6.45) is 3.96. The lowest BCUT2D eigenvalue weighted by Gasteiger charge is -2.04. The summed E-state index contributed by atoms with van der Waals surface area (Å²) in [6.45, 7) is 2.33. The molecule has 6 heteroatoms. The summed E-state index contributed by atoms with van der Waals surface area (Å²) in [5.41, 5.74) is 3.69. The zero-order valence-electron chi connectivity index (χ0n) is 13.2. The van der Waals surface area contributed by atoms with E-state index < -0.39 is 5.97 Å². The summed E-state index contributed by atoms with van der Waals surface area (Å²) < 4.78 is 1.91. The molecule has 0 fully saturated rings. The summed E-state index contributed by atoms with van der Waals surface area (Å²) in [6, 6.07) is 10.3. The number of hydrogen-bond acceptors (Lipinski definition) is 3. The van der Waals surface area contributed by atoms with Gasteiger partial charge in [0, 0.05) is 18.9 Å². The number of aromatic carboxylic acids is 1. The molecule has 2 N–H and O–H groups in total. The predicted molar refractivity (Wildman–Crippen MR) is 88.9 cm³/mol. The SMILES string of the molecule is Cc1cccn2cc(CC(=O)NCc3ccc(C(=O)O)cc3)nc12. The van der Waals surface area contributed by atoms with Crippen LogP contribution in [0, 0.1) is 6.92 Å². The Morgan fingerprint density at radius 3 is 2.62 bits per heavy atom. The number of aryl methyl sites for hydroxylation is 1. The summed E-state index contributed by atoms with van der Waals surface area (Å²) in [5, 5.41) is 11.7. The molecule has 0 unspecified atom stereocenters. The molecular weight excluding hydrogens is 306 g/mol. The molecule has 1 amide bonds. The largest absolute Gasteiger partial charge is 0.478 e. The van der Waals surface area contributed by atoms with Crippen LogP contribution >= 0.6 is 0 Å². The van der Waals surface area contributed by atoms with E-state index in [0.29, 0.717) is 12.2 Å². The van der Waals surface area contributed by atoms with Crippen LogP contribution in [0.25, 0.3) is 5.65 Å². The van der Waals surface area contributed by atoms with Crippen molar-refractivity contribution in [1.82, 2.24) is 14.7 Å². The third kappa shape index (κ3) is 3.43. The fraction of sp³-hybridized carbons (Fsp3) is 0.167. The number of carbonyl (C=O) groups excluding carboxylic acids is 1. The van der Waals surface area contributed by atoms with E-state index in [9.17, 15) is 9.59 Å². The van der Waals surface area contributed by atoms with Crippen LogP contribution < -0.4 is 5.32 Å². The summed E-state index contributed by atoms with van der Waals surface area (Å²) >= 11 is 0. The van der Waals surface area contributed by atoms with E-state index in [-0.39, 0.29) is 17.9 Å². The lowest BCUT2D eigenvalue weighted by Crippen LogP contribution is -2.24. The Morgan fingerprint density at radius 1 is 1.21 bits per heavy atom. The number of carboxylic acid groups (broad SMARTS) is 1. The van der Waals surface area contributed by atoms with E-state index in [4.69, 9.17) is 5.11 Å². The van der Waals surface area contributed by atoms with Crippen molar-refractivity contribution in [2.45, 2.75) is 19.9 Å². The monoisotopic (exact) mass is 323 g/mol. The topological polar surface area (TPSA) is 83.7 Å². The Morgan fingerprint density at radius 2 is 1.96 bits per heavy atom. The zero-order valence-corrected chi connectivity index (χ0v) is 13.2. The Kier molecular flexibility index (Phi) is 4.29. The van der Waals surface area contributed by atoms with E-state index in [1.165, 1.54) is 12.1 Å². The van der Waals surface area contributed by atoms with Crippen LogP contribution in [0.3, 0.4) is 0 Å². The average Bonchev–Trinajstić information content (AvgIpc) is 2.97. The highest BCUT2D eigenvalue weighted by Crippen LogP contribution is 2.10. The zero-order chi connectivity index (χ0) is 17.1. The molecule has 2 heterocycles. The lowest BCUT2D eigenvalue weighted by molar-refractivity contribution is -0.120. The number of nitrogens with zero attached hydrogens (tertiary/aromatic N) is 2. The number of carboxylic acids is 1. The number of amides is 1. The maximum absolute atomic E-state index is 12.1. The Balaban J connectivity index is 1.60. The molecule has 6 nitrogen and oxygen atoms in total. The van der Waals surface area contributed by atoms with Gasteiger partial charge in [-0.3, -0.25) is 4.79 Å². The highest BCUT2D eigenvalue weighted by atomic mass is 16.4. The van der Waals surface area contributed by atoms with E-state index in [2.05, 4.69) is 10.3 Å². The van der Waals surface area contributed by atoms with Gasteiger partial charge in [0.1, 0.15) is 5.65 Å². The molecule has 0 aliphatic carbocycles. The van der Waals surface area contributed by atoms with Crippen molar-refractivity contribution in [2.24, 2.45) is 0 Å². The van der Waals surface area contributed by atoms with Gasteiger partial charge >= 0.3 is 5.97 Å². The number of hydrogen-bond donors (Lipinski definition) is 2. The van der Waals surface area contributed by atoms with Gasteiger partial charge in [-0.2, -0.15) is 0 Å². The normalized spacial score (nSPS) is 10.7. The molecule has 0 radical (unpaired) electrons. The van der Waals surface area contributed by atoms with Gasteiger partial charge in [0.2, 0.25) is 5.91 Å². The molecule has 0 spiro atoms. The lowest BCUT2D eigenvalue weighted by atomic mass is 10.1. The minimum Gasteiger partial charge on any atom is -0.478 e. The van der Waals surface area contributed by atoms with Crippen LogP contribution in [0.5, 0.6) is 0 Å². The minimum atomic E-state index is -0.965. The van der Waals surface area contributed by atoms with Crippen LogP contribution in [-0.4, -0.2) is 26.4 Å². The van der Waals surface area contributed by atoms with Gasteiger partial charge in [-0.15, -0.1) is 0 Å². The van der Waals surface area contributed by atoms with Crippen molar-refractivity contribution in [3.05, 3.63) is 71.2 Å². The third-order valence-corrected chi connectivity index (χ3v) is 3.76. The number of nitrogens with one attached hydrogen (secondary N) is 1. The number of carbonyl (C=O) groups is 2. The van der Waals surface area contributed by atoms with Crippen molar-refractivity contribution in [3.8, 4) is 0 Å². The maximum atomic E-state index is 12.1. The van der Waals surface area contributed by atoms with Gasteiger partial charge in [-0.25, -0.2) is 9.78 Å². The van der Waals surface area contributed by atoms with Gasteiger partial charge in [0.15, 0.2) is 0 Å². The first kappa shape index (κ1) is 15.7. The molecule has 0 atom stereocenters. The number of rotatable bonds is 5. The third-order valence-electron chi connectivity index (χ3n) is 3.76. The molecule has 0 saturated carbocycles. The Hall–Kier alpha value is -3.15. The summed E-state index contributed by atoms with van der Waals surface area (Å²) in [4.78, 5) is 27.3. The number of aromatic nitrogens is 2. The van der Waals surface area contributed by atoms with Crippen LogP contribution in [0.15, 0.2) is 48.8 Å². The van der Waals surface area contributed by atoms with Gasteiger partial charge in [0.25, 0.3) is 0 Å². The fourth-order valence-corrected chi connectivity index (χ4v) is 2.48.